The summed E-state index contributed by atoms with van der Waals surface area (Å²) in [5.41, 5.74) is 0. The number of nitrogens with zero attached hydrogens (tertiary/aromatic N) is 1. The molecule has 0 amide bonds. The van der Waals surface area contributed by atoms with Crippen molar-refractivity contribution in [3.63, 3.8) is 0 Å². The third-order valence-corrected chi connectivity index (χ3v) is 5.60. The molecule has 0 unspecified atom stereocenters. The lowest BCUT2D eigenvalue weighted by atomic mass is 10.4. The highest BCUT2D eigenvalue weighted by Gasteiger charge is 2.39. The van der Waals surface area contributed by atoms with Crippen LogP contribution in [0.25, 0.3) is 0 Å². The number of aliphatic hydroxyl groups is 2. The molecule has 0 aromatic rings. The Balaban J connectivity index is 4.28. The third kappa shape index (κ3) is 6.79. The number of aliphatic hydroxyl groups excluding tert-OH is 2. The van der Waals surface area contributed by atoms with E-state index in [1.165, 1.54) is 4.90 Å². The summed E-state index contributed by atoms with van der Waals surface area (Å²) in [4.78, 5) is 1.53. The van der Waals surface area contributed by atoms with Gasteiger partial charge in [0.2, 0.25) is 0 Å². The van der Waals surface area contributed by atoms with Crippen LogP contribution in [0.3, 0.4) is 0 Å². The van der Waals surface area contributed by atoms with Gasteiger partial charge in [0.25, 0.3) is 0 Å². The molecule has 2 N–H and O–H groups in total. The largest absolute Gasteiger partial charge is 0.500 e. The molecule has 0 saturated heterocycles. The predicted molar refractivity (Wildman–Crippen MR) is 70.9 cm³/mol. The van der Waals surface area contributed by atoms with E-state index in [-0.39, 0.29) is 13.5 Å². The normalized spacial score (nSPS) is 12.3. The average Bonchev–Trinajstić information content (AvgIpc) is 2.36. The average molecular weight is 281 g/mol. The lowest BCUT2D eigenvalue weighted by Gasteiger charge is -2.29. The van der Waals surface area contributed by atoms with E-state index in [1.54, 1.807) is 0 Å². The first-order chi connectivity index (χ1) is 8.67. The molecule has 0 aliphatic rings. The molecular weight excluding hydrogens is 254 g/mol. The van der Waals surface area contributed by atoms with Crippen molar-refractivity contribution in [3.8, 4) is 0 Å². The van der Waals surface area contributed by atoms with Crippen LogP contribution in [0.2, 0.25) is 6.04 Å². The van der Waals surface area contributed by atoms with Gasteiger partial charge >= 0.3 is 8.80 Å². The SMILES string of the molecule is CCO[Si](CCCN(CO)CO)(OCC)OCC. The molecule has 0 fully saturated rings. The predicted octanol–water partition coefficient (Wildman–Crippen LogP) is 0.626. The second-order valence-corrected chi connectivity index (χ2v) is 6.49. The first-order valence-corrected chi connectivity index (χ1v) is 8.47. The van der Waals surface area contributed by atoms with Gasteiger partial charge in [-0.25, -0.2) is 0 Å². The molecule has 0 heterocycles. The van der Waals surface area contributed by atoms with Gasteiger partial charge in [0.1, 0.15) is 0 Å². The maximum atomic E-state index is 8.95. The van der Waals surface area contributed by atoms with E-state index in [2.05, 4.69) is 0 Å². The van der Waals surface area contributed by atoms with Crippen LogP contribution in [0.1, 0.15) is 27.2 Å². The highest BCUT2D eigenvalue weighted by atomic mass is 28.4. The molecule has 7 heteroatoms. The second-order valence-electron chi connectivity index (χ2n) is 3.76. The molecule has 0 spiro atoms. The minimum Gasteiger partial charge on any atom is -0.381 e. The molecule has 0 aromatic carbocycles. The lowest BCUT2D eigenvalue weighted by Crippen LogP contribution is -2.46. The van der Waals surface area contributed by atoms with Crippen molar-refractivity contribution in [2.24, 2.45) is 0 Å². The fraction of sp³-hybridized carbons (Fsp3) is 1.00. The monoisotopic (exact) mass is 281 g/mol. The number of hydrogen-bond donors (Lipinski definition) is 2. The van der Waals surface area contributed by atoms with Crippen molar-refractivity contribution in [1.82, 2.24) is 4.90 Å². The second kappa shape index (κ2) is 10.9. The van der Waals surface area contributed by atoms with Crippen LogP contribution in [0.15, 0.2) is 0 Å². The lowest BCUT2D eigenvalue weighted by molar-refractivity contribution is 0.0265. The quantitative estimate of drug-likeness (QED) is 0.404. The van der Waals surface area contributed by atoms with Crippen molar-refractivity contribution >= 4 is 8.80 Å². The van der Waals surface area contributed by atoms with Gasteiger partial charge in [-0.15, -0.1) is 0 Å². The van der Waals surface area contributed by atoms with Crippen LogP contribution >= 0.6 is 0 Å². The zero-order valence-corrected chi connectivity index (χ0v) is 12.7. The molecule has 0 bridgehead atoms. The smallest absolute Gasteiger partial charge is 0.381 e. The zero-order valence-electron chi connectivity index (χ0n) is 11.7. The van der Waals surface area contributed by atoms with Crippen molar-refractivity contribution < 1.29 is 23.5 Å². The van der Waals surface area contributed by atoms with Crippen molar-refractivity contribution in [2.45, 2.75) is 33.2 Å². The Morgan fingerprint density at radius 3 is 1.67 bits per heavy atom. The van der Waals surface area contributed by atoms with Crippen molar-refractivity contribution in [3.05, 3.63) is 0 Å². The van der Waals surface area contributed by atoms with Gasteiger partial charge in [0, 0.05) is 32.4 Å². The molecule has 18 heavy (non-hydrogen) atoms. The van der Waals surface area contributed by atoms with Gasteiger partial charge in [-0.05, 0) is 27.2 Å². The van der Waals surface area contributed by atoms with Crippen LogP contribution in [-0.2, 0) is 13.3 Å². The maximum absolute atomic E-state index is 8.95. The summed E-state index contributed by atoms with van der Waals surface area (Å²) in [6.07, 6.45) is 0.757. The number of hydrogen-bond acceptors (Lipinski definition) is 6. The van der Waals surface area contributed by atoms with Crippen LogP contribution < -0.4 is 0 Å². The minimum absolute atomic E-state index is 0.150. The fourth-order valence-corrected chi connectivity index (χ4v) is 4.30. The van der Waals surface area contributed by atoms with Gasteiger partial charge < -0.3 is 23.5 Å². The molecule has 0 rings (SSSR count). The Bertz CT molecular complexity index is 175. The molecule has 6 nitrogen and oxygen atoms in total. The summed E-state index contributed by atoms with van der Waals surface area (Å²) in [6.45, 7) is 7.76. The number of rotatable bonds is 12. The van der Waals surface area contributed by atoms with Crippen LogP contribution in [-0.4, -0.2) is 63.7 Å². The zero-order chi connectivity index (χ0) is 13.9. The fourth-order valence-electron chi connectivity index (χ4n) is 1.71. The van der Waals surface area contributed by atoms with E-state index >= 15 is 0 Å². The van der Waals surface area contributed by atoms with Crippen molar-refractivity contribution in [1.29, 1.82) is 0 Å². The summed E-state index contributed by atoms with van der Waals surface area (Å²) in [6, 6.07) is 0.693. The first kappa shape index (κ1) is 18.0. The molecular formula is C11H27NO5Si. The molecule has 0 saturated carbocycles. The standard InChI is InChI=1S/C11H27NO5Si/c1-4-15-18(16-5-2,17-6-3)9-7-8-12(10-13)11-14/h13-14H,4-11H2,1-3H3. The van der Waals surface area contributed by atoms with Gasteiger partial charge in [-0.3, -0.25) is 4.90 Å². The molecule has 0 aromatic heterocycles. The Kier molecular flexibility index (Phi) is 10.8. The molecule has 0 atom stereocenters. The summed E-state index contributed by atoms with van der Waals surface area (Å²) in [5.74, 6) is 0. The van der Waals surface area contributed by atoms with Crippen molar-refractivity contribution in [2.75, 3.05) is 39.8 Å². The molecule has 110 valence electrons. The summed E-state index contributed by atoms with van der Waals surface area (Å²) < 4.78 is 17.1. The van der Waals surface area contributed by atoms with Crippen LogP contribution in [0.4, 0.5) is 0 Å². The summed E-state index contributed by atoms with van der Waals surface area (Å²) >= 11 is 0. The van der Waals surface area contributed by atoms with Gasteiger partial charge in [0.15, 0.2) is 0 Å². The highest BCUT2D eigenvalue weighted by Crippen LogP contribution is 2.18. The topological polar surface area (TPSA) is 71.4 Å². The van der Waals surface area contributed by atoms with E-state index in [0.717, 1.165) is 6.42 Å². The Hall–Kier alpha value is -0.0231. The third-order valence-electron chi connectivity index (χ3n) is 2.45. The van der Waals surface area contributed by atoms with Gasteiger partial charge in [0.05, 0.1) is 13.5 Å². The summed E-state index contributed by atoms with van der Waals surface area (Å²) in [7, 11) is -2.58. The summed E-state index contributed by atoms with van der Waals surface area (Å²) in [5, 5.41) is 17.9. The Morgan fingerprint density at radius 1 is 0.889 bits per heavy atom. The Morgan fingerprint density at radius 2 is 1.33 bits per heavy atom. The van der Waals surface area contributed by atoms with Gasteiger partial charge in [-0.1, -0.05) is 0 Å². The molecule has 0 radical (unpaired) electrons. The minimum atomic E-state index is -2.58. The van der Waals surface area contributed by atoms with E-state index in [0.29, 0.717) is 32.4 Å². The van der Waals surface area contributed by atoms with E-state index < -0.39 is 8.80 Å². The van der Waals surface area contributed by atoms with Gasteiger partial charge in [-0.2, -0.15) is 0 Å². The highest BCUT2D eigenvalue weighted by molar-refractivity contribution is 6.60. The van der Waals surface area contributed by atoms with E-state index in [9.17, 15) is 0 Å². The van der Waals surface area contributed by atoms with Crippen LogP contribution in [0.5, 0.6) is 0 Å². The molecule has 0 aliphatic heterocycles. The first-order valence-electron chi connectivity index (χ1n) is 6.53. The molecule has 0 aliphatic carbocycles. The van der Waals surface area contributed by atoms with Crippen LogP contribution in [0, 0.1) is 0 Å². The maximum Gasteiger partial charge on any atom is 0.500 e. The van der Waals surface area contributed by atoms with E-state index in [1.807, 2.05) is 20.8 Å². The van der Waals surface area contributed by atoms with E-state index in [4.69, 9.17) is 23.5 Å². The Labute approximate surface area is 111 Å².